The van der Waals surface area contributed by atoms with E-state index in [-0.39, 0.29) is 16.8 Å². The highest BCUT2D eigenvalue weighted by atomic mass is 16.5. The summed E-state index contributed by atoms with van der Waals surface area (Å²) in [5, 5.41) is 4.54. The highest BCUT2D eigenvalue weighted by molar-refractivity contribution is 6.10. The third-order valence-electron chi connectivity index (χ3n) is 6.63. The summed E-state index contributed by atoms with van der Waals surface area (Å²) < 4.78 is 17.4. The van der Waals surface area contributed by atoms with Crippen LogP contribution >= 0.6 is 0 Å². The predicted octanol–water partition coefficient (Wildman–Crippen LogP) is 5.98. The zero-order chi connectivity index (χ0) is 25.5. The Morgan fingerprint density at radius 1 is 0.946 bits per heavy atom. The van der Waals surface area contributed by atoms with Crippen molar-refractivity contribution in [1.29, 1.82) is 0 Å². The third-order valence-corrected chi connectivity index (χ3v) is 6.63. The van der Waals surface area contributed by atoms with Gasteiger partial charge in [-0.2, -0.15) is 0 Å². The lowest BCUT2D eigenvalue weighted by atomic mass is 9.97. The summed E-state index contributed by atoms with van der Waals surface area (Å²) in [5.41, 5.74) is 3.19. The van der Waals surface area contributed by atoms with E-state index in [1.807, 2.05) is 73.7 Å². The molecule has 7 nitrogen and oxygen atoms in total. The molecule has 0 N–H and O–H groups in total. The predicted molar refractivity (Wildman–Crippen MR) is 139 cm³/mol. The van der Waals surface area contributed by atoms with E-state index < -0.39 is 11.9 Å². The summed E-state index contributed by atoms with van der Waals surface area (Å²) in [6.45, 7) is 4.17. The number of rotatable bonds is 6. The van der Waals surface area contributed by atoms with Gasteiger partial charge in [-0.1, -0.05) is 60.6 Å². The van der Waals surface area contributed by atoms with Gasteiger partial charge in [0.05, 0.1) is 17.0 Å². The molecule has 1 amide bonds. The summed E-state index contributed by atoms with van der Waals surface area (Å²) in [5.74, 6) is 1.06. The second kappa shape index (κ2) is 9.09. The normalized spacial score (nSPS) is 14.8. The molecule has 0 saturated heterocycles. The molecule has 0 fully saturated rings. The zero-order valence-corrected chi connectivity index (χ0v) is 20.4. The van der Waals surface area contributed by atoms with E-state index >= 15 is 0 Å². The lowest BCUT2D eigenvalue weighted by Crippen LogP contribution is -2.29. The number of benzene rings is 3. The van der Waals surface area contributed by atoms with Gasteiger partial charge < -0.3 is 13.7 Å². The van der Waals surface area contributed by atoms with E-state index in [0.717, 1.165) is 17.5 Å². The van der Waals surface area contributed by atoms with Gasteiger partial charge in [-0.15, -0.1) is 0 Å². The molecule has 1 atom stereocenters. The molecule has 5 aromatic rings. The lowest BCUT2D eigenvalue weighted by molar-refractivity contribution is 0.0969. The molecule has 0 saturated carbocycles. The average Bonchev–Trinajstić information content (AvgIpc) is 3.48. The second-order valence-electron chi connectivity index (χ2n) is 9.08. The molecule has 3 heterocycles. The fourth-order valence-electron chi connectivity index (χ4n) is 4.77. The zero-order valence-electron chi connectivity index (χ0n) is 20.4. The molecule has 6 rings (SSSR count). The molecule has 3 aromatic carbocycles. The largest absolute Gasteiger partial charge is 0.489 e. The molecule has 37 heavy (non-hydrogen) atoms. The van der Waals surface area contributed by atoms with Crippen molar-refractivity contribution in [1.82, 2.24) is 5.16 Å². The second-order valence-corrected chi connectivity index (χ2v) is 9.08. The number of fused-ring (bicyclic) bond motifs is 2. The number of anilines is 1. The Hall–Kier alpha value is -4.65. The van der Waals surface area contributed by atoms with Crippen molar-refractivity contribution in [2.75, 3.05) is 4.90 Å². The first-order valence-corrected chi connectivity index (χ1v) is 12.2. The molecule has 2 aromatic heterocycles. The van der Waals surface area contributed by atoms with E-state index in [1.165, 1.54) is 4.90 Å². The van der Waals surface area contributed by atoms with Crippen LogP contribution in [0.3, 0.4) is 0 Å². The van der Waals surface area contributed by atoms with Gasteiger partial charge in [0.25, 0.3) is 5.91 Å². The van der Waals surface area contributed by atoms with Gasteiger partial charge in [-0.25, -0.2) is 0 Å². The summed E-state index contributed by atoms with van der Waals surface area (Å²) >= 11 is 0. The number of carbonyl (C=O) groups excluding carboxylic acids is 1. The first kappa shape index (κ1) is 22.8. The summed E-state index contributed by atoms with van der Waals surface area (Å²) in [7, 11) is 0. The Morgan fingerprint density at radius 3 is 2.54 bits per heavy atom. The summed E-state index contributed by atoms with van der Waals surface area (Å²) in [6.07, 6.45) is 0.778. The van der Waals surface area contributed by atoms with Gasteiger partial charge >= 0.3 is 0 Å². The van der Waals surface area contributed by atoms with Crippen molar-refractivity contribution in [3.05, 3.63) is 123 Å². The van der Waals surface area contributed by atoms with Crippen LogP contribution in [0.15, 0.2) is 92.6 Å². The molecule has 7 heteroatoms. The molecule has 0 bridgehead atoms. The van der Waals surface area contributed by atoms with E-state index in [0.29, 0.717) is 40.5 Å². The van der Waals surface area contributed by atoms with Gasteiger partial charge in [0.15, 0.2) is 11.2 Å². The summed E-state index contributed by atoms with van der Waals surface area (Å²) in [4.78, 5) is 29.0. The minimum absolute atomic E-state index is 0.0167. The summed E-state index contributed by atoms with van der Waals surface area (Å²) in [6, 6.07) is 23.7. The lowest BCUT2D eigenvalue weighted by Gasteiger charge is -2.23. The van der Waals surface area contributed by atoms with Gasteiger partial charge in [0.1, 0.15) is 23.7 Å². The number of carbonyl (C=O) groups is 1. The van der Waals surface area contributed by atoms with E-state index in [4.69, 9.17) is 13.7 Å². The Kier molecular flexibility index (Phi) is 5.60. The molecule has 1 aliphatic rings. The standard InChI is InChI=1S/C30H24N2O5/c1-3-19-12-13-24-23(15-19)28(33)26-27(32(30(34)29(26)36-24)25-14-18(2)37-31-25)21-10-7-11-22(16-21)35-17-20-8-5-4-6-9-20/h4-16,27H,3,17H2,1-2H3/t27-/m1/s1. The number of ether oxygens (including phenoxy) is 1. The molecule has 184 valence electrons. The number of hydrogen-bond donors (Lipinski definition) is 0. The highest BCUT2D eigenvalue weighted by Gasteiger charge is 2.45. The minimum Gasteiger partial charge on any atom is -0.489 e. The van der Waals surface area contributed by atoms with Crippen molar-refractivity contribution >= 4 is 22.7 Å². The van der Waals surface area contributed by atoms with Gasteiger partial charge in [0.2, 0.25) is 5.76 Å². The van der Waals surface area contributed by atoms with Crippen molar-refractivity contribution in [2.24, 2.45) is 0 Å². The molecule has 0 spiro atoms. The van der Waals surface area contributed by atoms with Crippen LogP contribution in [0.2, 0.25) is 0 Å². The fourth-order valence-corrected chi connectivity index (χ4v) is 4.77. The van der Waals surface area contributed by atoms with Crippen LogP contribution in [0.25, 0.3) is 11.0 Å². The Balaban J connectivity index is 1.49. The Labute approximate surface area is 212 Å². The topological polar surface area (TPSA) is 85.8 Å². The van der Waals surface area contributed by atoms with Gasteiger partial charge in [-0.3, -0.25) is 14.5 Å². The fraction of sp³-hybridized carbons (Fsp3) is 0.167. The van der Waals surface area contributed by atoms with Crippen molar-refractivity contribution in [3.8, 4) is 5.75 Å². The number of nitrogens with zero attached hydrogens (tertiary/aromatic N) is 2. The van der Waals surface area contributed by atoms with Crippen LogP contribution < -0.4 is 15.1 Å². The first-order chi connectivity index (χ1) is 18.0. The third kappa shape index (κ3) is 3.98. The van der Waals surface area contributed by atoms with Crippen LogP contribution in [0.5, 0.6) is 5.75 Å². The molecule has 0 aliphatic carbocycles. The Bertz CT molecular complexity index is 1690. The van der Waals surface area contributed by atoms with E-state index in [9.17, 15) is 9.59 Å². The van der Waals surface area contributed by atoms with Crippen molar-refractivity contribution in [3.63, 3.8) is 0 Å². The van der Waals surface area contributed by atoms with Crippen LogP contribution in [-0.2, 0) is 13.0 Å². The monoisotopic (exact) mass is 492 g/mol. The minimum atomic E-state index is -0.752. The number of amides is 1. The van der Waals surface area contributed by atoms with Gasteiger partial charge in [-0.05, 0) is 54.3 Å². The average molecular weight is 493 g/mol. The molecular formula is C30H24N2O5. The van der Waals surface area contributed by atoms with Crippen LogP contribution in [-0.4, -0.2) is 11.1 Å². The van der Waals surface area contributed by atoms with Crippen LogP contribution in [0.4, 0.5) is 5.82 Å². The maximum Gasteiger partial charge on any atom is 0.296 e. The van der Waals surface area contributed by atoms with Crippen molar-refractivity contribution in [2.45, 2.75) is 32.9 Å². The van der Waals surface area contributed by atoms with Gasteiger partial charge in [0, 0.05) is 6.07 Å². The number of aromatic nitrogens is 1. The molecule has 0 radical (unpaired) electrons. The van der Waals surface area contributed by atoms with E-state index in [1.54, 1.807) is 19.1 Å². The van der Waals surface area contributed by atoms with E-state index in [2.05, 4.69) is 5.16 Å². The number of hydrogen-bond acceptors (Lipinski definition) is 6. The first-order valence-electron chi connectivity index (χ1n) is 12.2. The quantitative estimate of drug-likeness (QED) is 0.290. The molecule has 1 aliphatic heterocycles. The molecule has 0 unspecified atom stereocenters. The maximum absolute atomic E-state index is 13.9. The van der Waals surface area contributed by atoms with Crippen LogP contribution in [0, 0.1) is 6.92 Å². The number of aryl methyl sites for hydroxylation is 2. The SMILES string of the molecule is CCc1ccc2oc3c(c(=O)c2c1)[C@@H](c1cccc(OCc2ccccc2)c1)N(c1cc(C)on1)C3=O. The smallest absolute Gasteiger partial charge is 0.296 e. The highest BCUT2D eigenvalue weighted by Crippen LogP contribution is 2.41. The molecular weight excluding hydrogens is 468 g/mol. The maximum atomic E-state index is 13.9. The Morgan fingerprint density at radius 2 is 1.78 bits per heavy atom. The van der Waals surface area contributed by atoms with Crippen molar-refractivity contribution < 1.29 is 18.5 Å². The van der Waals surface area contributed by atoms with Crippen LogP contribution in [0.1, 0.15) is 51.5 Å².